The minimum Gasteiger partial charge on any atom is -0.465 e. The van der Waals surface area contributed by atoms with E-state index in [9.17, 15) is 18.0 Å². The summed E-state index contributed by atoms with van der Waals surface area (Å²) >= 11 is 1.33. The Hall–Kier alpha value is -3.01. The van der Waals surface area contributed by atoms with E-state index in [1.807, 2.05) is 13.8 Å². The number of hydrogen-bond acceptors (Lipinski definition) is 7. The Bertz CT molecular complexity index is 1060. The lowest BCUT2D eigenvalue weighted by Crippen LogP contribution is -2.08. The van der Waals surface area contributed by atoms with Gasteiger partial charge >= 0.3 is 12.1 Å². The Morgan fingerprint density at radius 1 is 1.20 bits per heavy atom. The van der Waals surface area contributed by atoms with Gasteiger partial charge in [-0.1, -0.05) is 13.8 Å². The number of esters is 1. The molecule has 0 unspecified atom stereocenters. The van der Waals surface area contributed by atoms with Crippen molar-refractivity contribution in [2.75, 3.05) is 12.4 Å². The van der Waals surface area contributed by atoms with Crippen LogP contribution in [0.25, 0.3) is 11.3 Å². The van der Waals surface area contributed by atoms with E-state index < -0.39 is 17.8 Å². The van der Waals surface area contributed by atoms with Crippen LogP contribution in [0.1, 0.15) is 46.3 Å². The lowest BCUT2D eigenvalue weighted by molar-refractivity contribution is -0.141. The monoisotopic (exact) mass is 436 g/mol. The quantitative estimate of drug-likeness (QED) is 0.526. The van der Waals surface area contributed by atoms with E-state index >= 15 is 0 Å². The van der Waals surface area contributed by atoms with Crippen LogP contribution in [0.3, 0.4) is 0 Å². The first-order valence-electron chi connectivity index (χ1n) is 8.96. The third-order valence-electron chi connectivity index (χ3n) is 4.16. The number of halogens is 3. The summed E-state index contributed by atoms with van der Waals surface area (Å²) in [6, 6.07) is 3.94. The summed E-state index contributed by atoms with van der Waals surface area (Å²) in [7, 11) is 1.28. The van der Waals surface area contributed by atoms with E-state index in [1.165, 1.54) is 24.5 Å². The second-order valence-electron chi connectivity index (χ2n) is 6.84. The summed E-state index contributed by atoms with van der Waals surface area (Å²) in [4.78, 5) is 25.2. The zero-order valence-electron chi connectivity index (χ0n) is 16.7. The predicted molar refractivity (Wildman–Crippen MR) is 108 cm³/mol. The van der Waals surface area contributed by atoms with E-state index in [0.29, 0.717) is 16.4 Å². The molecule has 6 nitrogen and oxygen atoms in total. The summed E-state index contributed by atoms with van der Waals surface area (Å²) in [5, 5.41) is 3.48. The molecule has 0 aliphatic carbocycles. The second kappa shape index (κ2) is 8.39. The molecule has 0 aromatic carbocycles. The van der Waals surface area contributed by atoms with E-state index in [1.54, 1.807) is 19.2 Å². The number of aryl methyl sites for hydroxylation is 1. The molecule has 30 heavy (non-hydrogen) atoms. The molecule has 0 spiro atoms. The number of methoxy groups -OCH3 is 1. The van der Waals surface area contributed by atoms with Gasteiger partial charge in [-0.15, -0.1) is 11.3 Å². The molecule has 0 aliphatic heterocycles. The highest BCUT2D eigenvalue weighted by atomic mass is 32.1. The Morgan fingerprint density at radius 2 is 1.93 bits per heavy atom. The molecular formula is C20H19F3N4O2S. The average Bonchev–Trinajstić information content (AvgIpc) is 3.12. The van der Waals surface area contributed by atoms with Crippen LogP contribution in [0, 0.1) is 6.92 Å². The maximum absolute atomic E-state index is 12.8. The summed E-state index contributed by atoms with van der Waals surface area (Å²) < 4.78 is 43.2. The van der Waals surface area contributed by atoms with Gasteiger partial charge in [0.2, 0.25) is 0 Å². The smallest absolute Gasteiger partial charge is 0.433 e. The van der Waals surface area contributed by atoms with Crippen molar-refractivity contribution in [3.8, 4) is 11.3 Å². The van der Waals surface area contributed by atoms with Crippen LogP contribution in [0.15, 0.2) is 30.6 Å². The highest BCUT2D eigenvalue weighted by Gasteiger charge is 2.32. The van der Waals surface area contributed by atoms with Crippen LogP contribution in [-0.4, -0.2) is 28.0 Å². The molecule has 10 heteroatoms. The van der Waals surface area contributed by atoms with Gasteiger partial charge in [0.1, 0.15) is 17.1 Å². The van der Waals surface area contributed by atoms with Crippen molar-refractivity contribution < 1.29 is 22.7 Å². The normalized spacial score (nSPS) is 11.6. The van der Waals surface area contributed by atoms with Crippen molar-refractivity contribution >= 4 is 28.3 Å². The number of carbonyl (C=O) groups is 1. The Morgan fingerprint density at radius 3 is 2.50 bits per heavy atom. The van der Waals surface area contributed by atoms with Crippen LogP contribution >= 0.6 is 11.3 Å². The molecule has 3 aromatic heterocycles. The Kier molecular flexibility index (Phi) is 6.06. The third-order valence-corrected chi connectivity index (χ3v) is 5.43. The summed E-state index contributed by atoms with van der Waals surface area (Å²) in [5.74, 6) is -0.184. The highest BCUT2D eigenvalue weighted by Crippen LogP contribution is 2.38. The molecule has 0 bridgehead atoms. The molecule has 1 N–H and O–H groups in total. The summed E-state index contributed by atoms with van der Waals surface area (Å²) in [5.41, 5.74) is 1.10. The molecule has 3 heterocycles. The van der Waals surface area contributed by atoms with E-state index in [0.717, 1.165) is 22.7 Å². The molecule has 3 rings (SSSR count). The number of rotatable bonds is 5. The van der Waals surface area contributed by atoms with Crippen molar-refractivity contribution in [2.45, 2.75) is 32.9 Å². The Labute approximate surface area is 175 Å². The lowest BCUT2D eigenvalue weighted by Gasteiger charge is -2.08. The largest absolute Gasteiger partial charge is 0.465 e. The number of alkyl halides is 3. The van der Waals surface area contributed by atoms with Crippen molar-refractivity contribution in [3.05, 3.63) is 52.3 Å². The van der Waals surface area contributed by atoms with Crippen LogP contribution in [0.4, 0.5) is 24.1 Å². The van der Waals surface area contributed by atoms with E-state index in [-0.39, 0.29) is 17.3 Å². The number of nitrogens with zero attached hydrogens (tertiary/aromatic N) is 3. The van der Waals surface area contributed by atoms with Crippen LogP contribution in [0.2, 0.25) is 0 Å². The van der Waals surface area contributed by atoms with Crippen molar-refractivity contribution in [3.63, 3.8) is 0 Å². The topological polar surface area (TPSA) is 77.0 Å². The van der Waals surface area contributed by atoms with Gasteiger partial charge in [-0.05, 0) is 36.6 Å². The fourth-order valence-electron chi connectivity index (χ4n) is 2.72. The first-order chi connectivity index (χ1) is 14.1. The molecule has 0 amide bonds. The number of thiazole rings is 1. The molecular weight excluding hydrogens is 417 g/mol. The number of hydrogen-bond donors (Lipinski definition) is 1. The van der Waals surface area contributed by atoms with Gasteiger partial charge < -0.3 is 10.1 Å². The number of nitrogens with one attached hydrogen (secondary N) is 1. The van der Waals surface area contributed by atoms with Gasteiger partial charge in [0, 0.05) is 22.8 Å². The van der Waals surface area contributed by atoms with Crippen LogP contribution in [0.5, 0.6) is 0 Å². The van der Waals surface area contributed by atoms with Gasteiger partial charge in [0.05, 0.1) is 12.8 Å². The predicted octanol–water partition coefficient (Wildman–Crippen LogP) is 5.58. The van der Waals surface area contributed by atoms with Crippen LogP contribution in [-0.2, 0) is 10.9 Å². The lowest BCUT2D eigenvalue weighted by atomic mass is 10.1. The van der Waals surface area contributed by atoms with Crippen molar-refractivity contribution in [1.29, 1.82) is 0 Å². The zero-order chi connectivity index (χ0) is 22.1. The zero-order valence-corrected chi connectivity index (χ0v) is 17.5. The van der Waals surface area contributed by atoms with Gasteiger partial charge in [0.15, 0.2) is 5.13 Å². The van der Waals surface area contributed by atoms with E-state index in [4.69, 9.17) is 4.74 Å². The summed E-state index contributed by atoms with van der Waals surface area (Å²) in [6.07, 6.45) is -1.74. The number of ether oxygens (including phenoxy) is 1. The van der Waals surface area contributed by atoms with E-state index in [2.05, 4.69) is 20.3 Å². The Balaban J connectivity index is 1.99. The van der Waals surface area contributed by atoms with Crippen molar-refractivity contribution in [1.82, 2.24) is 15.0 Å². The molecule has 0 saturated carbocycles. The first kappa shape index (κ1) is 21.7. The first-order valence-corrected chi connectivity index (χ1v) is 9.78. The maximum Gasteiger partial charge on any atom is 0.433 e. The number of aromatic nitrogens is 3. The van der Waals surface area contributed by atoms with Crippen LogP contribution < -0.4 is 5.32 Å². The fourth-order valence-corrected chi connectivity index (χ4v) is 3.71. The molecule has 0 atom stereocenters. The minimum atomic E-state index is -4.50. The maximum atomic E-state index is 12.8. The molecule has 0 fully saturated rings. The van der Waals surface area contributed by atoms with Crippen molar-refractivity contribution in [2.24, 2.45) is 0 Å². The molecule has 158 valence electrons. The molecule has 0 saturated heterocycles. The molecule has 0 aliphatic rings. The highest BCUT2D eigenvalue weighted by molar-refractivity contribution is 7.16. The second-order valence-corrected chi connectivity index (χ2v) is 7.87. The minimum absolute atomic E-state index is 0.0707. The standard InChI is InChI=1S/C20H19F3N4O2S/c1-10(2)16-15(12-5-6-14(24-9-12)20(21,22)23)26-19(30-16)27-17-13(18(28)29-4)7-11(3)8-25-17/h5-10H,1-4H3,(H,25,26,27). The summed E-state index contributed by atoms with van der Waals surface area (Å²) in [6.45, 7) is 5.73. The third kappa shape index (κ3) is 4.59. The van der Waals surface area contributed by atoms with Gasteiger partial charge in [-0.25, -0.2) is 14.8 Å². The van der Waals surface area contributed by atoms with Gasteiger partial charge in [-0.2, -0.15) is 13.2 Å². The van der Waals surface area contributed by atoms with Gasteiger partial charge in [0.25, 0.3) is 0 Å². The number of anilines is 2. The molecule has 0 radical (unpaired) electrons. The number of carbonyl (C=O) groups excluding carboxylic acids is 1. The molecule has 3 aromatic rings. The average molecular weight is 436 g/mol. The van der Waals surface area contributed by atoms with Gasteiger partial charge in [-0.3, -0.25) is 4.98 Å². The SMILES string of the molecule is COC(=O)c1cc(C)cnc1Nc1nc(-c2ccc(C(F)(F)F)nc2)c(C(C)C)s1. The number of pyridine rings is 2. The fraction of sp³-hybridized carbons (Fsp3) is 0.300.